The van der Waals surface area contributed by atoms with Gasteiger partial charge in [0.1, 0.15) is 6.29 Å². The largest absolute Gasteiger partial charge is 0.303 e. The first-order valence-electron chi connectivity index (χ1n) is 7.60. The SMILES string of the molecule is CCc1ccccc1C(C)(CC=C(C)C)CC(C)C=O. The summed E-state index contributed by atoms with van der Waals surface area (Å²) in [6.07, 6.45) is 6.30. The molecule has 0 aliphatic carbocycles. The van der Waals surface area contributed by atoms with Crippen molar-refractivity contribution in [2.75, 3.05) is 0 Å². The average Bonchev–Trinajstić information content (AvgIpc) is 2.45. The molecule has 0 fully saturated rings. The van der Waals surface area contributed by atoms with E-state index in [2.05, 4.69) is 58.0 Å². The maximum absolute atomic E-state index is 11.1. The Morgan fingerprint density at radius 1 is 1.30 bits per heavy atom. The minimum atomic E-state index is 0.0319. The summed E-state index contributed by atoms with van der Waals surface area (Å²) >= 11 is 0. The molecule has 0 radical (unpaired) electrons. The number of aryl methyl sites for hydroxylation is 1. The van der Waals surface area contributed by atoms with Crippen molar-refractivity contribution in [2.24, 2.45) is 5.92 Å². The van der Waals surface area contributed by atoms with E-state index in [0.717, 1.165) is 25.5 Å². The lowest BCUT2D eigenvalue weighted by molar-refractivity contribution is -0.111. The summed E-state index contributed by atoms with van der Waals surface area (Å²) < 4.78 is 0. The fourth-order valence-electron chi connectivity index (χ4n) is 2.91. The van der Waals surface area contributed by atoms with E-state index in [1.54, 1.807) is 0 Å². The van der Waals surface area contributed by atoms with E-state index in [0.29, 0.717) is 0 Å². The lowest BCUT2D eigenvalue weighted by Gasteiger charge is -2.33. The zero-order valence-corrected chi connectivity index (χ0v) is 13.6. The Bertz CT molecular complexity index is 468. The minimum absolute atomic E-state index is 0.0319. The fraction of sp³-hybridized carbons (Fsp3) is 0.526. The van der Waals surface area contributed by atoms with Gasteiger partial charge in [0, 0.05) is 5.92 Å². The van der Waals surface area contributed by atoms with Gasteiger partial charge in [-0.3, -0.25) is 0 Å². The van der Waals surface area contributed by atoms with Gasteiger partial charge in [0.2, 0.25) is 0 Å². The van der Waals surface area contributed by atoms with Crippen LogP contribution >= 0.6 is 0 Å². The van der Waals surface area contributed by atoms with Gasteiger partial charge in [0.15, 0.2) is 0 Å². The molecule has 0 aliphatic rings. The first kappa shape index (κ1) is 16.7. The molecule has 0 N–H and O–H groups in total. The molecule has 2 atom stereocenters. The molecular weight excluding hydrogens is 244 g/mol. The first-order valence-corrected chi connectivity index (χ1v) is 7.60. The van der Waals surface area contributed by atoms with Crippen LogP contribution in [0.4, 0.5) is 0 Å². The number of hydrogen-bond donors (Lipinski definition) is 0. The van der Waals surface area contributed by atoms with Crippen molar-refractivity contribution in [1.29, 1.82) is 0 Å². The van der Waals surface area contributed by atoms with Crippen molar-refractivity contribution in [3.63, 3.8) is 0 Å². The third kappa shape index (κ3) is 4.33. The Hall–Kier alpha value is -1.37. The second kappa shape index (κ2) is 7.42. The van der Waals surface area contributed by atoms with Gasteiger partial charge in [-0.05, 0) is 49.7 Å². The Labute approximate surface area is 124 Å². The van der Waals surface area contributed by atoms with E-state index < -0.39 is 0 Å². The predicted octanol–water partition coefficient (Wildman–Crippen LogP) is 5.09. The van der Waals surface area contributed by atoms with Crippen molar-refractivity contribution in [1.82, 2.24) is 0 Å². The van der Waals surface area contributed by atoms with E-state index in [1.165, 1.54) is 16.7 Å². The molecule has 0 spiro atoms. The lowest BCUT2D eigenvalue weighted by Crippen LogP contribution is -2.26. The Morgan fingerprint density at radius 2 is 1.95 bits per heavy atom. The molecule has 110 valence electrons. The Kier molecular flexibility index (Phi) is 6.19. The standard InChI is InChI=1S/C19H28O/c1-6-17-9-7-8-10-18(17)19(5,12-11-15(2)3)13-16(4)14-20/h7-11,14,16H,6,12-13H2,1-5H3. The second-order valence-corrected chi connectivity index (χ2v) is 6.37. The zero-order chi connectivity index (χ0) is 15.2. The molecule has 1 heteroatoms. The maximum Gasteiger partial charge on any atom is 0.122 e. The lowest BCUT2D eigenvalue weighted by atomic mass is 9.71. The van der Waals surface area contributed by atoms with Gasteiger partial charge in [0.25, 0.3) is 0 Å². The molecule has 0 aromatic heterocycles. The topological polar surface area (TPSA) is 17.1 Å². The smallest absolute Gasteiger partial charge is 0.122 e. The van der Waals surface area contributed by atoms with Crippen LogP contribution < -0.4 is 0 Å². The molecule has 0 saturated heterocycles. The van der Waals surface area contributed by atoms with E-state index in [1.807, 2.05) is 6.92 Å². The second-order valence-electron chi connectivity index (χ2n) is 6.37. The molecular formula is C19H28O. The quantitative estimate of drug-likeness (QED) is 0.499. The third-order valence-corrected chi connectivity index (χ3v) is 4.01. The highest BCUT2D eigenvalue weighted by atomic mass is 16.1. The van der Waals surface area contributed by atoms with Crippen molar-refractivity contribution in [3.8, 4) is 0 Å². The van der Waals surface area contributed by atoms with Gasteiger partial charge < -0.3 is 4.79 Å². The van der Waals surface area contributed by atoms with E-state index >= 15 is 0 Å². The van der Waals surface area contributed by atoms with Crippen molar-refractivity contribution in [2.45, 2.75) is 59.3 Å². The number of rotatable bonds is 7. The summed E-state index contributed by atoms with van der Waals surface area (Å²) in [4.78, 5) is 11.1. The van der Waals surface area contributed by atoms with Gasteiger partial charge in [-0.1, -0.05) is 56.7 Å². The van der Waals surface area contributed by atoms with Gasteiger partial charge in [0.05, 0.1) is 0 Å². The average molecular weight is 272 g/mol. The molecule has 0 amide bonds. The summed E-state index contributed by atoms with van der Waals surface area (Å²) in [7, 11) is 0. The van der Waals surface area contributed by atoms with Crippen LogP contribution in [0.1, 0.15) is 58.6 Å². The van der Waals surface area contributed by atoms with Crippen LogP contribution in [0.5, 0.6) is 0 Å². The zero-order valence-electron chi connectivity index (χ0n) is 13.6. The number of aldehydes is 1. The van der Waals surface area contributed by atoms with E-state index in [4.69, 9.17) is 0 Å². The number of carbonyl (C=O) groups is 1. The van der Waals surface area contributed by atoms with Crippen LogP contribution in [0.15, 0.2) is 35.9 Å². The molecule has 1 aromatic carbocycles. The van der Waals surface area contributed by atoms with Crippen LogP contribution in [-0.2, 0) is 16.6 Å². The molecule has 20 heavy (non-hydrogen) atoms. The minimum Gasteiger partial charge on any atom is -0.303 e. The van der Waals surface area contributed by atoms with Crippen LogP contribution in [0.2, 0.25) is 0 Å². The monoisotopic (exact) mass is 272 g/mol. The summed E-state index contributed by atoms with van der Waals surface area (Å²) in [6.45, 7) is 10.8. The Balaban J connectivity index is 3.20. The first-order chi connectivity index (χ1) is 9.42. The highest BCUT2D eigenvalue weighted by Crippen LogP contribution is 2.37. The summed E-state index contributed by atoms with van der Waals surface area (Å²) in [5, 5.41) is 0. The van der Waals surface area contributed by atoms with Crippen molar-refractivity contribution < 1.29 is 4.79 Å². The summed E-state index contributed by atoms with van der Waals surface area (Å²) in [6, 6.07) is 8.66. The van der Waals surface area contributed by atoms with Crippen LogP contribution in [0.3, 0.4) is 0 Å². The molecule has 2 unspecified atom stereocenters. The van der Waals surface area contributed by atoms with Gasteiger partial charge in [-0.2, -0.15) is 0 Å². The number of benzene rings is 1. The molecule has 1 aromatic rings. The molecule has 0 heterocycles. The van der Waals surface area contributed by atoms with Crippen LogP contribution in [0, 0.1) is 5.92 Å². The van der Waals surface area contributed by atoms with Crippen molar-refractivity contribution in [3.05, 3.63) is 47.0 Å². The van der Waals surface area contributed by atoms with E-state index in [9.17, 15) is 4.79 Å². The number of carbonyl (C=O) groups excluding carboxylic acids is 1. The van der Waals surface area contributed by atoms with Gasteiger partial charge in [-0.15, -0.1) is 0 Å². The van der Waals surface area contributed by atoms with Crippen molar-refractivity contribution >= 4 is 6.29 Å². The van der Waals surface area contributed by atoms with Gasteiger partial charge in [-0.25, -0.2) is 0 Å². The summed E-state index contributed by atoms with van der Waals surface area (Å²) in [5.74, 6) is 0.0930. The highest BCUT2D eigenvalue weighted by Gasteiger charge is 2.29. The molecule has 1 nitrogen and oxygen atoms in total. The number of allylic oxidation sites excluding steroid dienone is 2. The fourth-order valence-corrected chi connectivity index (χ4v) is 2.91. The van der Waals surface area contributed by atoms with Crippen LogP contribution in [-0.4, -0.2) is 6.29 Å². The third-order valence-electron chi connectivity index (χ3n) is 4.01. The molecule has 1 rings (SSSR count). The molecule has 0 bridgehead atoms. The number of hydrogen-bond acceptors (Lipinski definition) is 1. The maximum atomic E-state index is 11.1. The normalized spacial score (nSPS) is 15.2. The Morgan fingerprint density at radius 3 is 2.50 bits per heavy atom. The highest BCUT2D eigenvalue weighted by molar-refractivity contribution is 5.53. The molecule has 0 aliphatic heterocycles. The van der Waals surface area contributed by atoms with Gasteiger partial charge >= 0.3 is 0 Å². The molecule has 0 saturated carbocycles. The predicted molar refractivity (Wildman–Crippen MR) is 87.1 cm³/mol. The van der Waals surface area contributed by atoms with Crippen LogP contribution in [0.25, 0.3) is 0 Å². The van der Waals surface area contributed by atoms with E-state index in [-0.39, 0.29) is 11.3 Å². The summed E-state index contributed by atoms with van der Waals surface area (Å²) in [5.41, 5.74) is 4.16.